The van der Waals surface area contributed by atoms with Gasteiger partial charge in [0.2, 0.25) is 11.9 Å². The van der Waals surface area contributed by atoms with Gasteiger partial charge in [0.1, 0.15) is 11.6 Å². The number of carbonyl (C=O) groups excluding carboxylic acids is 1. The minimum atomic E-state index is -2.77. The minimum absolute atomic E-state index is 0.0353. The number of hydrogen-bond acceptors (Lipinski definition) is 8. The molecule has 1 atom stereocenters. The molecule has 0 aliphatic carbocycles. The summed E-state index contributed by atoms with van der Waals surface area (Å²) in [6, 6.07) is 8.86. The highest BCUT2D eigenvalue weighted by Crippen LogP contribution is 2.31. The second kappa shape index (κ2) is 10.3. The summed E-state index contributed by atoms with van der Waals surface area (Å²) in [7, 11) is 0. The smallest absolute Gasteiger partial charge is 0.296 e. The zero-order chi connectivity index (χ0) is 25.2. The molecule has 1 aromatic carbocycles. The number of alkyl halides is 2. The van der Waals surface area contributed by atoms with Crippen LogP contribution < -0.4 is 20.9 Å². The Bertz CT molecular complexity index is 1230. The lowest BCUT2D eigenvalue weighted by Crippen LogP contribution is -2.47. The fourth-order valence-corrected chi connectivity index (χ4v) is 4.81. The van der Waals surface area contributed by atoms with E-state index in [0.717, 1.165) is 12.8 Å². The molecule has 0 saturated carbocycles. The van der Waals surface area contributed by atoms with Gasteiger partial charge in [-0.1, -0.05) is 12.1 Å². The first kappa shape index (κ1) is 24.3. The maximum Gasteiger partial charge on any atom is 0.296 e. The third-order valence-corrected chi connectivity index (χ3v) is 6.69. The standard InChI is InChI=1S/C24H30F2N8O2/c1-15-14-36-11-10-33(15)24-30-19(32-8-6-16(7-9-32)28-21(35)13-27)12-20(31-24)34-18-5-3-2-4-17(18)29-23(34)22(25)26/h2-5,12,15-16,22H,6-11,13-14,27H2,1H3,(H,28,35). The van der Waals surface area contributed by atoms with Crippen molar-refractivity contribution in [3.05, 3.63) is 36.2 Å². The highest BCUT2D eigenvalue weighted by Gasteiger charge is 2.28. The number of aromatic nitrogens is 4. The SMILES string of the molecule is CC1COCCN1c1nc(N2CCC(NC(=O)CN)CC2)cc(-n2c(C(F)F)nc3ccccc32)n1. The minimum Gasteiger partial charge on any atom is -0.377 e. The highest BCUT2D eigenvalue weighted by atomic mass is 19.3. The largest absolute Gasteiger partial charge is 0.377 e. The average molecular weight is 501 g/mol. The van der Waals surface area contributed by atoms with E-state index in [1.165, 1.54) is 4.57 Å². The topological polar surface area (TPSA) is 114 Å². The molecule has 192 valence electrons. The van der Waals surface area contributed by atoms with Crippen molar-refractivity contribution in [3.63, 3.8) is 0 Å². The van der Waals surface area contributed by atoms with Crippen molar-refractivity contribution < 1.29 is 18.3 Å². The van der Waals surface area contributed by atoms with Gasteiger partial charge in [-0.05, 0) is 31.9 Å². The average Bonchev–Trinajstić information content (AvgIpc) is 3.29. The van der Waals surface area contributed by atoms with Crippen LogP contribution in [0.2, 0.25) is 0 Å². The Hall–Kier alpha value is -3.38. The summed E-state index contributed by atoms with van der Waals surface area (Å²) in [4.78, 5) is 29.6. The molecule has 2 aromatic heterocycles. The first-order chi connectivity index (χ1) is 17.4. The lowest BCUT2D eigenvalue weighted by atomic mass is 10.0. The Morgan fingerprint density at radius 2 is 1.92 bits per heavy atom. The van der Waals surface area contributed by atoms with E-state index in [4.69, 9.17) is 20.4 Å². The Labute approximate surface area is 207 Å². The van der Waals surface area contributed by atoms with Crippen molar-refractivity contribution in [2.24, 2.45) is 5.73 Å². The van der Waals surface area contributed by atoms with E-state index < -0.39 is 6.43 Å². The van der Waals surface area contributed by atoms with Gasteiger partial charge in [0.25, 0.3) is 6.43 Å². The summed E-state index contributed by atoms with van der Waals surface area (Å²) in [5.74, 6) is 0.930. The second-order valence-corrected chi connectivity index (χ2v) is 9.13. The van der Waals surface area contributed by atoms with E-state index in [1.807, 2.05) is 11.8 Å². The van der Waals surface area contributed by atoms with E-state index in [1.54, 1.807) is 30.3 Å². The molecule has 2 fully saturated rings. The van der Waals surface area contributed by atoms with Crippen LogP contribution in [0.25, 0.3) is 16.9 Å². The lowest BCUT2D eigenvalue weighted by molar-refractivity contribution is -0.120. The predicted octanol–water partition coefficient (Wildman–Crippen LogP) is 2.02. The first-order valence-corrected chi connectivity index (χ1v) is 12.2. The van der Waals surface area contributed by atoms with Crippen LogP contribution in [0.3, 0.4) is 0 Å². The maximum atomic E-state index is 14.1. The molecule has 3 N–H and O–H groups in total. The van der Waals surface area contributed by atoms with Gasteiger partial charge >= 0.3 is 0 Å². The monoisotopic (exact) mass is 500 g/mol. The normalized spacial score (nSPS) is 19.3. The van der Waals surface area contributed by atoms with Crippen LogP contribution in [-0.2, 0) is 9.53 Å². The van der Waals surface area contributed by atoms with Crippen molar-refractivity contribution in [2.45, 2.75) is 38.3 Å². The number of anilines is 2. The summed E-state index contributed by atoms with van der Waals surface area (Å²) >= 11 is 0. The lowest BCUT2D eigenvalue weighted by Gasteiger charge is -2.36. The number of piperidine rings is 1. The molecule has 3 aromatic rings. The molecule has 0 radical (unpaired) electrons. The van der Waals surface area contributed by atoms with Crippen molar-refractivity contribution >= 4 is 28.7 Å². The zero-order valence-electron chi connectivity index (χ0n) is 20.1. The number of ether oxygens (including phenoxy) is 1. The maximum absolute atomic E-state index is 14.1. The summed E-state index contributed by atoms with van der Waals surface area (Å²) in [5, 5.41) is 2.94. The summed E-state index contributed by atoms with van der Waals surface area (Å²) in [5.41, 5.74) is 6.46. The van der Waals surface area contributed by atoms with Gasteiger partial charge in [0.05, 0.1) is 36.8 Å². The van der Waals surface area contributed by atoms with Gasteiger partial charge in [-0.25, -0.2) is 13.8 Å². The van der Waals surface area contributed by atoms with Crippen LogP contribution in [0.5, 0.6) is 0 Å². The van der Waals surface area contributed by atoms with Crippen LogP contribution in [0.15, 0.2) is 30.3 Å². The van der Waals surface area contributed by atoms with Crippen molar-refractivity contribution in [1.29, 1.82) is 0 Å². The highest BCUT2D eigenvalue weighted by molar-refractivity contribution is 5.79. The van der Waals surface area contributed by atoms with Gasteiger partial charge in [0.15, 0.2) is 5.82 Å². The third-order valence-electron chi connectivity index (χ3n) is 6.69. The Morgan fingerprint density at radius 1 is 1.17 bits per heavy atom. The van der Waals surface area contributed by atoms with E-state index in [-0.39, 0.29) is 30.4 Å². The molecule has 1 amide bonds. The predicted molar refractivity (Wildman–Crippen MR) is 132 cm³/mol. The van der Waals surface area contributed by atoms with Crippen molar-refractivity contribution in [1.82, 2.24) is 24.8 Å². The first-order valence-electron chi connectivity index (χ1n) is 12.2. The molecule has 0 spiro atoms. The fourth-order valence-electron chi connectivity index (χ4n) is 4.81. The number of hydrogen-bond donors (Lipinski definition) is 2. The molecule has 0 bridgehead atoms. The molecule has 2 aliphatic heterocycles. The van der Waals surface area contributed by atoms with Crippen LogP contribution in [-0.4, -0.2) is 76.9 Å². The van der Waals surface area contributed by atoms with Crippen LogP contribution >= 0.6 is 0 Å². The molecule has 10 nitrogen and oxygen atoms in total. The number of benzene rings is 1. The number of nitrogens with zero attached hydrogens (tertiary/aromatic N) is 6. The van der Waals surface area contributed by atoms with Crippen LogP contribution in [0.1, 0.15) is 32.0 Å². The molecule has 12 heteroatoms. The van der Waals surface area contributed by atoms with Crippen molar-refractivity contribution in [2.75, 3.05) is 49.2 Å². The Balaban J connectivity index is 1.55. The molecule has 2 saturated heterocycles. The van der Waals surface area contributed by atoms with Gasteiger partial charge in [-0.2, -0.15) is 9.97 Å². The van der Waals surface area contributed by atoms with Crippen molar-refractivity contribution in [3.8, 4) is 5.82 Å². The number of halogens is 2. The number of para-hydroxylation sites is 2. The summed E-state index contributed by atoms with van der Waals surface area (Å²) in [6.07, 6.45) is -1.32. The number of amides is 1. The molecule has 36 heavy (non-hydrogen) atoms. The van der Waals surface area contributed by atoms with Gasteiger partial charge < -0.3 is 25.6 Å². The zero-order valence-corrected chi connectivity index (χ0v) is 20.1. The number of nitrogens with one attached hydrogen (secondary N) is 1. The second-order valence-electron chi connectivity index (χ2n) is 9.13. The van der Waals surface area contributed by atoms with E-state index in [9.17, 15) is 13.6 Å². The van der Waals surface area contributed by atoms with Gasteiger partial charge in [-0.3, -0.25) is 9.36 Å². The number of nitrogens with two attached hydrogens (primary N) is 1. The fraction of sp³-hybridized carbons (Fsp3) is 0.500. The summed E-state index contributed by atoms with van der Waals surface area (Å²) in [6.45, 7) is 4.96. The number of morpholine rings is 1. The van der Waals surface area contributed by atoms with E-state index in [0.29, 0.717) is 61.5 Å². The van der Waals surface area contributed by atoms with E-state index in [2.05, 4.69) is 15.2 Å². The van der Waals surface area contributed by atoms with E-state index >= 15 is 0 Å². The Morgan fingerprint density at radius 3 is 2.64 bits per heavy atom. The third kappa shape index (κ3) is 4.82. The van der Waals surface area contributed by atoms with Crippen LogP contribution in [0.4, 0.5) is 20.5 Å². The molecular weight excluding hydrogens is 470 g/mol. The number of rotatable bonds is 6. The van der Waals surface area contributed by atoms with Crippen LogP contribution in [0, 0.1) is 0 Å². The Kier molecular flexibility index (Phi) is 6.97. The number of carbonyl (C=O) groups is 1. The molecule has 2 aliphatic rings. The number of imidazole rings is 1. The molecule has 5 rings (SSSR count). The summed E-state index contributed by atoms with van der Waals surface area (Å²) < 4.78 is 35.2. The quantitative estimate of drug-likeness (QED) is 0.529. The molecule has 1 unspecified atom stereocenters. The van der Waals surface area contributed by atoms with Gasteiger partial charge in [0, 0.05) is 31.7 Å². The number of fused-ring (bicyclic) bond motifs is 1. The molecule has 4 heterocycles. The van der Waals surface area contributed by atoms with Gasteiger partial charge in [-0.15, -0.1) is 0 Å². The molecular formula is C24H30F2N8O2.